The van der Waals surface area contributed by atoms with Gasteiger partial charge < -0.3 is 0 Å². The fourth-order valence-electron chi connectivity index (χ4n) is 3.69. The Morgan fingerprint density at radius 1 is 1.21 bits per heavy atom. The van der Waals surface area contributed by atoms with Crippen LogP contribution in [0.5, 0.6) is 0 Å². The number of thioether (sulfide) groups is 1. The Kier molecular flexibility index (Phi) is 6.31. The van der Waals surface area contributed by atoms with E-state index in [9.17, 15) is 9.59 Å². The molecule has 0 atom stereocenters. The minimum atomic E-state index is -0.363. The van der Waals surface area contributed by atoms with Crippen molar-refractivity contribution in [2.45, 2.75) is 32.2 Å². The molecule has 0 unspecified atom stereocenters. The number of aryl methyl sites for hydroxylation is 1. The molecule has 2 aliphatic heterocycles. The number of likely N-dealkylation sites (tertiary alicyclic amines) is 1. The van der Waals surface area contributed by atoms with Gasteiger partial charge in [-0.3, -0.25) is 24.8 Å². The summed E-state index contributed by atoms with van der Waals surface area (Å²) in [5, 5.41) is 1.91. The Balaban J connectivity index is 1.26. The normalized spacial score (nSPS) is 19.7. The predicted octanol–water partition coefficient (Wildman–Crippen LogP) is 3.04. The SMILES string of the molecule is O=C1NC(=O)/C(=C/c2ccnc(CCC3CCN(Cc4cccnc4)CC3)n2)S1. The van der Waals surface area contributed by atoms with Crippen molar-refractivity contribution in [3.8, 4) is 0 Å². The number of piperidine rings is 1. The Bertz CT molecular complexity index is 910. The highest BCUT2D eigenvalue weighted by atomic mass is 32.2. The van der Waals surface area contributed by atoms with Gasteiger partial charge in [-0.15, -0.1) is 0 Å². The van der Waals surface area contributed by atoms with Crippen LogP contribution in [0.1, 0.15) is 36.3 Å². The molecule has 2 saturated heterocycles. The lowest BCUT2D eigenvalue weighted by Crippen LogP contribution is -2.33. The molecule has 2 aromatic rings. The second kappa shape index (κ2) is 9.28. The number of aromatic nitrogens is 3. The van der Waals surface area contributed by atoms with Crippen molar-refractivity contribution in [2.24, 2.45) is 5.92 Å². The zero-order valence-corrected chi connectivity index (χ0v) is 16.9. The van der Waals surface area contributed by atoms with E-state index >= 15 is 0 Å². The average molecular weight is 410 g/mol. The molecule has 2 fully saturated rings. The first-order valence-electron chi connectivity index (χ1n) is 9.84. The van der Waals surface area contributed by atoms with E-state index in [4.69, 9.17) is 0 Å². The van der Waals surface area contributed by atoms with Gasteiger partial charge >= 0.3 is 0 Å². The molecule has 0 aromatic carbocycles. The van der Waals surface area contributed by atoms with Crippen LogP contribution in [0.25, 0.3) is 6.08 Å². The molecular weight excluding hydrogens is 386 g/mol. The molecule has 2 aromatic heterocycles. The monoisotopic (exact) mass is 409 g/mol. The van der Waals surface area contributed by atoms with Crippen LogP contribution < -0.4 is 5.32 Å². The first-order chi connectivity index (χ1) is 14.2. The van der Waals surface area contributed by atoms with Crippen molar-refractivity contribution in [3.63, 3.8) is 0 Å². The molecule has 0 aliphatic carbocycles. The number of hydrogen-bond acceptors (Lipinski definition) is 7. The lowest BCUT2D eigenvalue weighted by atomic mass is 9.92. The van der Waals surface area contributed by atoms with Gasteiger partial charge in [0.05, 0.1) is 10.6 Å². The summed E-state index contributed by atoms with van der Waals surface area (Å²) in [6, 6.07) is 5.87. The maximum absolute atomic E-state index is 11.7. The zero-order chi connectivity index (χ0) is 20.1. The fourth-order valence-corrected chi connectivity index (χ4v) is 4.35. The van der Waals surface area contributed by atoms with Gasteiger partial charge in [0, 0.05) is 31.6 Å². The van der Waals surface area contributed by atoms with Crippen molar-refractivity contribution >= 4 is 29.0 Å². The lowest BCUT2D eigenvalue weighted by Gasteiger charge is -2.31. The fraction of sp³-hybridized carbons (Fsp3) is 0.381. The van der Waals surface area contributed by atoms with E-state index in [2.05, 4.69) is 31.2 Å². The average Bonchev–Trinajstić information content (AvgIpc) is 3.05. The number of nitrogens with one attached hydrogen (secondary N) is 1. The summed E-state index contributed by atoms with van der Waals surface area (Å²) in [7, 11) is 0. The molecule has 0 radical (unpaired) electrons. The maximum atomic E-state index is 11.7. The number of rotatable bonds is 6. The van der Waals surface area contributed by atoms with E-state index in [0.29, 0.717) is 16.5 Å². The van der Waals surface area contributed by atoms with Crippen LogP contribution in [0.3, 0.4) is 0 Å². The number of imide groups is 1. The van der Waals surface area contributed by atoms with E-state index in [0.717, 1.165) is 50.1 Å². The number of carbonyl (C=O) groups excluding carboxylic acids is 2. The van der Waals surface area contributed by atoms with Gasteiger partial charge in [-0.05, 0) is 73.8 Å². The van der Waals surface area contributed by atoms with E-state index < -0.39 is 0 Å². The van der Waals surface area contributed by atoms with Crippen molar-refractivity contribution in [3.05, 3.63) is 58.8 Å². The molecule has 0 spiro atoms. The molecular formula is C21H23N5O2S. The number of amides is 2. The van der Waals surface area contributed by atoms with E-state index in [-0.39, 0.29) is 11.1 Å². The minimum absolute atomic E-state index is 0.342. The van der Waals surface area contributed by atoms with Crippen LogP contribution in [-0.4, -0.2) is 44.1 Å². The summed E-state index contributed by atoms with van der Waals surface area (Å²) >= 11 is 0.904. The van der Waals surface area contributed by atoms with E-state index in [1.807, 2.05) is 18.5 Å². The highest BCUT2D eigenvalue weighted by Gasteiger charge is 2.25. The molecule has 0 bridgehead atoms. The summed E-state index contributed by atoms with van der Waals surface area (Å²) in [5.74, 6) is 1.10. The quantitative estimate of drug-likeness (QED) is 0.734. The number of carbonyl (C=O) groups is 2. The van der Waals surface area contributed by atoms with Crippen LogP contribution in [-0.2, 0) is 17.8 Å². The molecule has 4 heterocycles. The molecule has 7 nitrogen and oxygen atoms in total. The minimum Gasteiger partial charge on any atom is -0.299 e. The summed E-state index contributed by atoms with van der Waals surface area (Å²) in [5.41, 5.74) is 1.93. The number of hydrogen-bond donors (Lipinski definition) is 1. The highest BCUT2D eigenvalue weighted by molar-refractivity contribution is 8.18. The summed E-state index contributed by atoms with van der Waals surface area (Å²) in [4.78, 5) is 38.9. The third-order valence-corrected chi connectivity index (χ3v) is 6.07. The van der Waals surface area contributed by atoms with Gasteiger partial charge in [0.15, 0.2) is 0 Å². The Hall–Kier alpha value is -2.58. The molecule has 2 amide bonds. The van der Waals surface area contributed by atoms with Crippen molar-refractivity contribution in [1.29, 1.82) is 0 Å². The topological polar surface area (TPSA) is 88.1 Å². The van der Waals surface area contributed by atoms with E-state index in [1.54, 1.807) is 18.3 Å². The smallest absolute Gasteiger partial charge is 0.290 e. The summed E-state index contributed by atoms with van der Waals surface area (Å²) in [6.45, 7) is 3.17. The second-order valence-electron chi connectivity index (χ2n) is 7.37. The van der Waals surface area contributed by atoms with Gasteiger partial charge in [-0.2, -0.15) is 0 Å². The first kappa shape index (κ1) is 19.7. The van der Waals surface area contributed by atoms with Crippen LogP contribution in [0.4, 0.5) is 4.79 Å². The van der Waals surface area contributed by atoms with Gasteiger partial charge in [0.2, 0.25) is 0 Å². The standard InChI is InChI=1S/C21H23N5O2S/c27-20-18(29-21(28)25-20)12-17-5-9-23-19(24-17)4-3-15-6-10-26(11-7-15)14-16-2-1-8-22-13-16/h1-2,5,8-9,12-13,15H,3-4,6-7,10-11,14H2,(H,25,27,28)/b18-12-. The van der Waals surface area contributed by atoms with Crippen molar-refractivity contribution < 1.29 is 9.59 Å². The van der Waals surface area contributed by atoms with Gasteiger partial charge in [0.25, 0.3) is 11.1 Å². The molecule has 2 aliphatic rings. The van der Waals surface area contributed by atoms with Crippen LogP contribution >= 0.6 is 11.8 Å². The third kappa shape index (κ3) is 5.48. The van der Waals surface area contributed by atoms with Crippen molar-refractivity contribution in [2.75, 3.05) is 13.1 Å². The Labute approximate surface area is 174 Å². The largest absolute Gasteiger partial charge is 0.299 e. The third-order valence-electron chi connectivity index (χ3n) is 5.26. The molecule has 150 valence electrons. The van der Waals surface area contributed by atoms with Crippen LogP contribution in [0.15, 0.2) is 41.7 Å². The summed E-state index contributed by atoms with van der Waals surface area (Å²) in [6.07, 6.45) is 11.4. The molecule has 1 N–H and O–H groups in total. The van der Waals surface area contributed by atoms with Crippen LogP contribution in [0.2, 0.25) is 0 Å². The molecule has 0 saturated carbocycles. The second-order valence-corrected chi connectivity index (χ2v) is 8.38. The molecule has 4 rings (SSSR count). The van der Waals surface area contributed by atoms with Crippen LogP contribution in [0, 0.1) is 5.92 Å². The highest BCUT2D eigenvalue weighted by Crippen LogP contribution is 2.25. The van der Waals surface area contributed by atoms with E-state index in [1.165, 1.54) is 18.4 Å². The molecule has 29 heavy (non-hydrogen) atoms. The van der Waals surface area contributed by atoms with Gasteiger partial charge in [-0.25, -0.2) is 9.97 Å². The number of nitrogens with zero attached hydrogens (tertiary/aromatic N) is 4. The summed E-state index contributed by atoms with van der Waals surface area (Å²) < 4.78 is 0. The number of pyridine rings is 1. The Morgan fingerprint density at radius 2 is 2.07 bits per heavy atom. The van der Waals surface area contributed by atoms with Gasteiger partial charge in [-0.1, -0.05) is 6.07 Å². The predicted molar refractivity (Wildman–Crippen MR) is 112 cm³/mol. The zero-order valence-electron chi connectivity index (χ0n) is 16.1. The lowest BCUT2D eigenvalue weighted by molar-refractivity contribution is -0.115. The first-order valence-corrected chi connectivity index (χ1v) is 10.7. The maximum Gasteiger partial charge on any atom is 0.290 e. The van der Waals surface area contributed by atoms with Crippen molar-refractivity contribution in [1.82, 2.24) is 25.2 Å². The molecule has 8 heteroatoms. The Morgan fingerprint density at radius 3 is 2.79 bits per heavy atom. The van der Waals surface area contributed by atoms with Gasteiger partial charge in [0.1, 0.15) is 5.82 Å².